The van der Waals surface area contributed by atoms with Gasteiger partial charge in [0.1, 0.15) is 0 Å². The molecule has 0 aliphatic rings. The van der Waals surface area contributed by atoms with E-state index in [1.54, 1.807) is 32.2 Å². The normalized spacial score (nSPS) is 12.0. The van der Waals surface area contributed by atoms with E-state index in [1.165, 1.54) is 15.6 Å². The first kappa shape index (κ1) is 16.8. The second-order valence-corrected chi connectivity index (χ2v) is 9.31. The highest BCUT2D eigenvalue weighted by molar-refractivity contribution is 9.10. The summed E-state index contributed by atoms with van der Waals surface area (Å²) in [5, 5.41) is 0. The zero-order chi connectivity index (χ0) is 15.8. The summed E-state index contributed by atoms with van der Waals surface area (Å²) in [5.74, 6) is 0. The van der Waals surface area contributed by atoms with E-state index in [9.17, 15) is 8.42 Å². The lowest BCUT2D eigenvalue weighted by atomic mass is 10.2. The predicted molar refractivity (Wildman–Crippen MR) is 91.3 cm³/mol. The fourth-order valence-electron chi connectivity index (χ4n) is 1.85. The van der Waals surface area contributed by atoms with Crippen molar-refractivity contribution in [3.63, 3.8) is 0 Å². The maximum absolute atomic E-state index is 12.7. The number of rotatable bonds is 4. The average molecular weight is 410 g/mol. The minimum atomic E-state index is -3.62. The van der Waals surface area contributed by atoms with E-state index in [1.807, 2.05) is 6.07 Å². The first-order valence-corrected chi connectivity index (χ1v) is 9.40. The van der Waals surface area contributed by atoms with E-state index in [-0.39, 0.29) is 11.4 Å². The molecule has 1 aromatic carbocycles. The largest absolute Gasteiger partial charge is 0.398 e. The van der Waals surface area contributed by atoms with Crippen molar-refractivity contribution >= 4 is 54.6 Å². The molecule has 0 bridgehead atoms. The lowest BCUT2D eigenvalue weighted by Crippen LogP contribution is -2.27. The number of benzene rings is 1. The van der Waals surface area contributed by atoms with Crippen LogP contribution in [0.2, 0.25) is 4.34 Å². The van der Waals surface area contributed by atoms with Gasteiger partial charge in [-0.25, -0.2) is 8.42 Å². The van der Waals surface area contributed by atoms with Crippen molar-refractivity contribution in [2.45, 2.75) is 18.4 Å². The van der Waals surface area contributed by atoms with E-state index in [2.05, 4.69) is 15.9 Å². The third-order valence-electron chi connectivity index (χ3n) is 3.06. The van der Waals surface area contributed by atoms with Crippen molar-refractivity contribution in [3.05, 3.63) is 43.5 Å². The first-order chi connectivity index (χ1) is 9.71. The monoisotopic (exact) mass is 408 g/mol. The molecule has 0 saturated carbocycles. The molecule has 0 spiro atoms. The van der Waals surface area contributed by atoms with Gasteiger partial charge in [-0.3, -0.25) is 0 Å². The second-order valence-electron chi connectivity index (χ2n) is 4.59. The number of hydrogen-bond acceptors (Lipinski definition) is 4. The summed E-state index contributed by atoms with van der Waals surface area (Å²) in [6.07, 6.45) is 0. The first-order valence-electron chi connectivity index (χ1n) is 5.98. The molecule has 21 heavy (non-hydrogen) atoms. The van der Waals surface area contributed by atoms with E-state index < -0.39 is 10.0 Å². The molecule has 2 N–H and O–H groups in total. The fraction of sp³-hybridized carbons (Fsp3) is 0.231. The summed E-state index contributed by atoms with van der Waals surface area (Å²) >= 11 is 10.5. The maximum Gasteiger partial charge on any atom is 0.243 e. The van der Waals surface area contributed by atoms with Crippen LogP contribution in [-0.2, 0) is 16.6 Å². The van der Waals surface area contributed by atoms with Crippen molar-refractivity contribution in [3.8, 4) is 0 Å². The van der Waals surface area contributed by atoms with Crippen molar-refractivity contribution in [2.24, 2.45) is 0 Å². The Balaban J connectivity index is 2.37. The number of sulfonamides is 1. The molecule has 1 heterocycles. The SMILES string of the molecule is Cc1c(N)cc(Br)cc1S(=O)(=O)N(C)Cc1ccc(Cl)s1. The molecule has 2 rings (SSSR count). The van der Waals surface area contributed by atoms with E-state index in [4.69, 9.17) is 17.3 Å². The van der Waals surface area contributed by atoms with Gasteiger partial charge in [0.25, 0.3) is 0 Å². The highest BCUT2D eigenvalue weighted by Crippen LogP contribution is 2.30. The predicted octanol–water partition coefficient (Wildman–Crippen LogP) is 3.88. The molecule has 1 aromatic heterocycles. The Morgan fingerprint density at radius 1 is 1.38 bits per heavy atom. The van der Waals surface area contributed by atoms with Crippen molar-refractivity contribution < 1.29 is 8.42 Å². The van der Waals surface area contributed by atoms with Crippen LogP contribution in [0.5, 0.6) is 0 Å². The van der Waals surface area contributed by atoms with E-state index >= 15 is 0 Å². The van der Waals surface area contributed by atoms with Gasteiger partial charge in [-0.15, -0.1) is 11.3 Å². The van der Waals surface area contributed by atoms with Crippen LogP contribution in [-0.4, -0.2) is 19.8 Å². The summed E-state index contributed by atoms with van der Waals surface area (Å²) in [4.78, 5) is 1.09. The molecular weight excluding hydrogens is 396 g/mol. The molecule has 0 atom stereocenters. The summed E-state index contributed by atoms with van der Waals surface area (Å²) < 4.78 is 27.9. The third-order valence-corrected chi connectivity index (χ3v) is 6.66. The van der Waals surface area contributed by atoms with Gasteiger partial charge in [-0.1, -0.05) is 27.5 Å². The molecule has 8 heteroatoms. The Morgan fingerprint density at radius 3 is 2.62 bits per heavy atom. The van der Waals surface area contributed by atoms with Gasteiger partial charge in [0, 0.05) is 28.6 Å². The highest BCUT2D eigenvalue weighted by atomic mass is 79.9. The molecule has 0 amide bonds. The molecule has 4 nitrogen and oxygen atoms in total. The lowest BCUT2D eigenvalue weighted by molar-refractivity contribution is 0.469. The Labute approximate surface area is 141 Å². The van der Waals surface area contributed by atoms with Gasteiger partial charge in [0.05, 0.1) is 9.23 Å². The molecular formula is C13H14BrClN2O2S2. The van der Waals surface area contributed by atoms with Crippen LogP contribution in [0.25, 0.3) is 0 Å². The van der Waals surface area contributed by atoms with Crippen LogP contribution in [0.4, 0.5) is 5.69 Å². The van der Waals surface area contributed by atoms with Gasteiger partial charge in [0.15, 0.2) is 0 Å². The van der Waals surface area contributed by atoms with E-state index in [0.29, 0.717) is 20.1 Å². The molecule has 0 aliphatic heterocycles. The number of halogens is 2. The molecule has 0 unspecified atom stereocenters. The Kier molecular flexibility index (Phi) is 4.99. The molecule has 114 valence electrons. The fourth-order valence-corrected chi connectivity index (χ4v) is 5.13. The zero-order valence-corrected chi connectivity index (χ0v) is 15.4. The number of nitrogen functional groups attached to an aromatic ring is 1. The topological polar surface area (TPSA) is 63.4 Å². The van der Waals surface area contributed by atoms with Crippen LogP contribution in [0.15, 0.2) is 33.6 Å². The maximum atomic E-state index is 12.7. The third kappa shape index (κ3) is 3.60. The van der Waals surface area contributed by atoms with Gasteiger partial charge in [-0.05, 0) is 36.8 Å². The number of thiophene rings is 1. The second kappa shape index (κ2) is 6.26. The molecule has 2 aromatic rings. The van der Waals surface area contributed by atoms with Crippen LogP contribution in [0, 0.1) is 6.92 Å². The van der Waals surface area contributed by atoms with E-state index in [0.717, 1.165) is 4.88 Å². The lowest BCUT2D eigenvalue weighted by Gasteiger charge is -2.19. The number of anilines is 1. The zero-order valence-electron chi connectivity index (χ0n) is 11.4. The summed E-state index contributed by atoms with van der Waals surface area (Å²) in [6, 6.07) is 6.83. The molecule has 0 saturated heterocycles. The number of nitrogens with two attached hydrogens (primary N) is 1. The van der Waals surface area contributed by atoms with Gasteiger partial charge in [-0.2, -0.15) is 4.31 Å². The number of nitrogens with zero attached hydrogens (tertiary/aromatic N) is 1. The minimum Gasteiger partial charge on any atom is -0.398 e. The summed E-state index contributed by atoms with van der Waals surface area (Å²) in [6.45, 7) is 1.97. The summed E-state index contributed by atoms with van der Waals surface area (Å²) in [5.41, 5.74) is 6.84. The smallest absolute Gasteiger partial charge is 0.243 e. The van der Waals surface area contributed by atoms with Crippen LogP contribution in [0.1, 0.15) is 10.4 Å². The standard InChI is InChI=1S/C13H14BrClN2O2S2/c1-8-11(16)5-9(14)6-12(8)21(18,19)17(2)7-10-3-4-13(15)20-10/h3-6H,7,16H2,1-2H3. The quantitative estimate of drug-likeness (QED) is 0.780. The van der Waals surface area contributed by atoms with Crippen molar-refractivity contribution in [1.82, 2.24) is 4.31 Å². The average Bonchev–Trinajstić information content (AvgIpc) is 2.79. The van der Waals surface area contributed by atoms with Crippen LogP contribution < -0.4 is 5.73 Å². The number of hydrogen-bond donors (Lipinski definition) is 1. The highest BCUT2D eigenvalue weighted by Gasteiger charge is 2.24. The van der Waals surface area contributed by atoms with Gasteiger partial charge < -0.3 is 5.73 Å². The van der Waals surface area contributed by atoms with Crippen molar-refractivity contribution in [2.75, 3.05) is 12.8 Å². The van der Waals surface area contributed by atoms with Gasteiger partial charge in [0.2, 0.25) is 10.0 Å². The Hall–Kier alpha value is -0.600. The van der Waals surface area contributed by atoms with Gasteiger partial charge >= 0.3 is 0 Å². The van der Waals surface area contributed by atoms with Crippen LogP contribution >= 0.6 is 38.9 Å². The molecule has 0 fully saturated rings. The Bertz CT molecular complexity index is 774. The minimum absolute atomic E-state index is 0.208. The summed E-state index contributed by atoms with van der Waals surface area (Å²) in [7, 11) is -2.08. The van der Waals surface area contributed by atoms with Crippen molar-refractivity contribution in [1.29, 1.82) is 0 Å². The molecule has 0 aliphatic carbocycles. The molecule has 0 radical (unpaired) electrons. The Morgan fingerprint density at radius 2 is 2.05 bits per heavy atom. The van der Waals surface area contributed by atoms with Crippen LogP contribution in [0.3, 0.4) is 0 Å².